The molecule has 0 spiro atoms. The normalized spacial score (nSPS) is 9.56. The molecule has 5 nitrogen and oxygen atoms in total. The van der Waals surface area contributed by atoms with Crippen LogP contribution in [0.15, 0.2) is 52.7 Å². The smallest absolute Gasteiger partial charge is 0.153 e. The van der Waals surface area contributed by atoms with Crippen molar-refractivity contribution in [3.63, 3.8) is 0 Å². The lowest BCUT2D eigenvalue weighted by Gasteiger charge is -1.98. The van der Waals surface area contributed by atoms with Crippen LogP contribution in [0.3, 0.4) is 0 Å². The van der Waals surface area contributed by atoms with Gasteiger partial charge in [-0.1, -0.05) is 18.2 Å². The third-order valence-corrected chi connectivity index (χ3v) is 1.95. The van der Waals surface area contributed by atoms with E-state index in [2.05, 4.69) is 15.2 Å². The van der Waals surface area contributed by atoms with Crippen molar-refractivity contribution >= 4 is 59.4 Å². The first-order chi connectivity index (χ1) is 7.75. The maximum atomic E-state index is 5.64. The molecule has 96 valence electrons. The molecular weight excluding hydrogens is 365 g/mol. The van der Waals surface area contributed by atoms with Gasteiger partial charge in [0, 0.05) is 0 Å². The van der Waals surface area contributed by atoms with E-state index in [0.29, 0.717) is 11.5 Å². The number of hydrogen-bond donors (Lipinski definition) is 2. The van der Waals surface area contributed by atoms with Crippen LogP contribution in [0.1, 0.15) is 0 Å². The molecule has 0 bridgehead atoms. The van der Waals surface area contributed by atoms with E-state index in [4.69, 9.17) is 11.5 Å². The van der Waals surface area contributed by atoms with E-state index in [0.717, 1.165) is 5.69 Å². The summed E-state index contributed by atoms with van der Waals surface area (Å²) in [5.41, 5.74) is 12.4. The van der Waals surface area contributed by atoms with Crippen molar-refractivity contribution in [3.05, 3.63) is 42.5 Å². The molecule has 0 saturated carbocycles. The highest BCUT2D eigenvalue weighted by Gasteiger charge is 1.98. The van der Waals surface area contributed by atoms with Gasteiger partial charge in [-0.2, -0.15) is 5.11 Å². The number of pyridine rings is 1. The maximum absolute atomic E-state index is 5.64. The number of nitrogen functional groups attached to an aromatic ring is 2. The fourth-order valence-corrected chi connectivity index (χ4v) is 1.17. The van der Waals surface area contributed by atoms with Gasteiger partial charge >= 0.3 is 0 Å². The summed E-state index contributed by atoms with van der Waals surface area (Å²) in [4.78, 5) is 3.89. The minimum Gasteiger partial charge on any atom is -0.384 e. The van der Waals surface area contributed by atoms with Crippen molar-refractivity contribution in [2.24, 2.45) is 10.2 Å². The summed E-state index contributed by atoms with van der Waals surface area (Å²) in [6.07, 6.45) is 0. The first-order valence-electron chi connectivity index (χ1n) is 4.74. The highest BCUT2D eigenvalue weighted by Crippen LogP contribution is 2.23. The zero-order chi connectivity index (χ0) is 11.4. The maximum Gasteiger partial charge on any atom is 0.153 e. The summed E-state index contributed by atoms with van der Waals surface area (Å²) in [6, 6.07) is 12.7. The zero-order valence-electron chi connectivity index (χ0n) is 9.35. The molecule has 7 heteroatoms. The van der Waals surface area contributed by atoms with Gasteiger partial charge in [0.05, 0.1) is 5.69 Å². The summed E-state index contributed by atoms with van der Waals surface area (Å²) < 4.78 is 0. The molecule has 1 aromatic carbocycles. The average molecular weight is 378 g/mol. The van der Waals surface area contributed by atoms with E-state index in [9.17, 15) is 0 Å². The Morgan fingerprint density at radius 2 is 1.56 bits per heavy atom. The minimum absolute atomic E-state index is 0. The number of benzene rings is 1. The molecule has 0 radical (unpaired) electrons. The van der Waals surface area contributed by atoms with Crippen molar-refractivity contribution < 1.29 is 0 Å². The number of halogens is 2. The van der Waals surface area contributed by atoms with Crippen molar-refractivity contribution in [2.75, 3.05) is 11.5 Å². The molecule has 1 heterocycles. The summed E-state index contributed by atoms with van der Waals surface area (Å²) in [5, 5.41) is 8.03. The van der Waals surface area contributed by atoms with Crippen LogP contribution in [0.5, 0.6) is 0 Å². The Morgan fingerprint density at radius 1 is 0.889 bits per heavy atom. The topological polar surface area (TPSA) is 89.6 Å². The van der Waals surface area contributed by atoms with Crippen LogP contribution >= 0.6 is 36.4 Å². The van der Waals surface area contributed by atoms with E-state index >= 15 is 0 Å². The molecule has 18 heavy (non-hydrogen) atoms. The molecule has 0 atom stereocenters. The lowest BCUT2D eigenvalue weighted by molar-refractivity contribution is 1.21. The van der Waals surface area contributed by atoms with Gasteiger partial charge in [-0.3, -0.25) is 0 Å². The second-order valence-corrected chi connectivity index (χ2v) is 3.18. The Kier molecular flexibility index (Phi) is 7.21. The molecule has 0 aliphatic rings. The molecule has 1 aromatic heterocycles. The Hall–Kier alpha value is -1.41. The van der Waals surface area contributed by atoms with Crippen LogP contribution in [0.2, 0.25) is 0 Å². The molecule has 0 amide bonds. The first kappa shape index (κ1) is 16.6. The van der Waals surface area contributed by atoms with Crippen molar-refractivity contribution in [2.45, 2.75) is 0 Å². The number of nitrogens with zero attached hydrogens (tertiary/aromatic N) is 3. The first-order valence-corrected chi connectivity index (χ1v) is 4.74. The van der Waals surface area contributed by atoms with Crippen LogP contribution in [0.4, 0.5) is 23.0 Å². The summed E-state index contributed by atoms with van der Waals surface area (Å²) in [5.74, 6) is 0.649. The van der Waals surface area contributed by atoms with Crippen molar-refractivity contribution in [1.82, 2.24) is 4.98 Å². The molecule has 4 N–H and O–H groups in total. The molecule has 2 rings (SSSR count). The summed E-state index contributed by atoms with van der Waals surface area (Å²) in [7, 11) is 0. The quantitative estimate of drug-likeness (QED) is 0.617. The number of hydrogen-bond acceptors (Lipinski definition) is 5. The van der Waals surface area contributed by atoms with E-state index in [1.807, 2.05) is 30.3 Å². The van der Waals surface area contributed by atoms with Crippen LogP contribution in [-0.4, -0.2) is 4.98 Å². The highest BCUT2D eigenvalue weighted by atomic mass is 127. The second kappa shape index (κ2) is 7.83. The number of anilines is 2. The van der Waals surface area contributed by atoms with Gasteiger partial charge in [0.15, 0.2) is 5.82 Å². The summed E-state index contributed by atoms with van der Waals surface area (Å²) in [6.45, 7) is 0. The van der Waals surface area contributed by atoms with E-state index in [1.54, 1.807) is 12.1 Å². The van der Waals surface area contributed by atoms with Gasteiger partial charge in [0.1, 0.15) is 11.5 Å². The van der Waals surface area contributed by atoms with Gasteiger partial charge in [-0.25, -0.2) is 4.98 Å². The number of aromatic nitrogens is 1. The zero-order valence-corrected chi connectivity index (χ0v) is 12.5. The Morgan fingerprint density at radius 3 is 2.17 bits per heavy atom. The highest BCUT2D eigenvalue weighted by molar-refractivity contribution is 14.0. The number of nitrogens with two attached hydrogens (primary N) is 2. The van der Waals surface area contributed by atoms with E-state index < -0.39 is 0 Å². The Bertz CT molecular complexity index is 518. The van der Waals surface area contributed by atoms with Crippen LogP contribution in [0.25, 0.3) is 0 Å². The Labute approximate surface area is 128 Å². The lowest BCUT2D eigenvalue weighted by atomic mass is 10.3. The molecule has 0 aliphatic carbocycles. The Balaban J connectivity index is 0.00000144. The number of azo groups is 1. The van der Waals surface area contributed by atoms with Crippen LogP contribution in [0, 0.1) is 0 Å². The molecular formula is C11H13ClIN5. The fraction of sp³-hybridized carbons (Fsp3) is 0. The number of rotatable bonds is 2. The van der Waals surface area contributed by atoms with Crippen molar-refractivity contribution in [3.8, 4) is 0 Å². The molecule has 2 aromatic rings. The third kappa shape index (κ3) is 4.46. The van der Waals surface area contributed by atoms with E-state index in [1.165, 1.54) is 0 Å². The second-order valence-electron chi connectivity index (χ2n) is 3.18. The monoisotopic (exact) mass is 377 g/mol. The van der Waals surface area contributed by atoms with Gasteiger partial charge in [0.25, 0.3) is 0 Å². The van der Waals surface area contributed by atoms with Gasteiger partial charge < -0.3 is 11.5 Å². The standard InChI is InChI=1S/C11H11N5.ClH.HI/c12-10-7-6-9(11(13)14-10)16-15-8-4-2-1-3-5-8;;/h1-7H,(H4,12,13,14);2*1H. The van der Waals surface area contributed by atoms with Gasteiger partial charge in [0.2, 0.25) is 0 Å². The predicted octanol–water partition coefficient (Wildman–Crippen LogP) is 3.70. The predicted molar refractivity (Wildman–Crippen MR) is 86.3 cm³/mol. The summed E-state index contributed by atoms with van der Waals surface area (Å²) >= 11 is 0. The van der Waals surface area contributed by atoms with Crippen molar-refractivity contribution in [1.29, 1.82) is 0 Å². The SMILES string of the molecule is Cl.I.Nc1ccc(N=Nc2ccccc2)c(N)n1. The molecule has 0 saturated heterocycles. The van der Waals surface area contributed by atoms with Crippen LogP contribution < -0.4 is 11.5 Å². The molecule has 0 fully saturated rings. The molecule has 0 aliphatic heterocycles. The largest absolute Gasteiger partial charge is 0.384 e. The average Bonchev–Trinajstić information content (AvgIpc) is 2.29. The van der Waals surface area contributed by atoms with Gasteiger partial charge in [-0.05, 0) is 24.3 Å². The molecule has 0 unspecified atom stereocenters. The minimum atomic E-state index is 0. The fourth-order valence-electron chi connectivity index (χ4n) is 1.17. The van der Waals surface area contributed by atoms with Gasteiger partial charge in [-0.15, -0.1) is 41.5 Å². The lowest BCUT2D eigenvalue weighted by Crippen LogP contribution is -1.95. The van der Waals surface area contributed by atoms with Crippen LogP contribution in [-0.2, 0) is 0 Å². The van der Waals surface area contributed by atoms with E-state index in [-0.39, 0.29) is 42.2 Å². The third-order valence-electron chi connectivity index (χ3n) is 1.95.